The molecule has 0 unspecified atom stereocenters. The van der Waals surface area contributed by atoms with Gasteiger partial charge in [-0.05, 0) is 26.2 Å². The van der Waals surface area contributed by atoms with Gasteiger partial charge in [-0.1, -0.05) is 34.8 Å². The highest BCUT2D eigenvalue weighted by molar-refractivity contribution is 9.09. The molecule has 0 saturated carbocycles. The van der Waals surface area contributed by atoms with Gasteiger partial charge in [0.25, 0.3) is 0 Å². The number of carboxylic acids is 1. The number of unbranched alkanes of at least 4 members (excludes halogenated alkanes) is 4. The molecule has 0 atom stereocenters. The van der Waals surface area contributed by atoms with Crippen LogP contribution in [-0.2, 0) is 4.79 Å². The Labute approximate surface area is 88.2 Å². The monoisotopic (exact) mass is 248 g/mol. The molecule has 13 heavy (non-hydrogen) atoms. The van der Waals surface area contributed by atoms with Crippen molar-refractivity contribution in [3.8, 4) is 0 Å². The summed E-state index contributed by atoms with van der Waals surface area (Å²) >= 11 is 3.37. The Morgan fingerprint density at radius 2 is 1.92 bits per heavy atom. The Morgan fingerprint density at radius 1 is 1.31 bits per heavy atom. The van der Waals surface area contributed by atoms with Crippen LogP contribution in [0.5, 0.6) is 0 Å². The molecule has 0 fully saturated rings. The zero-order valence-corrected chi connectivity index (χ0v) is 9.64. The quantitative estimate of drug-likeness (QED) is 0.426. The maximum atomic E-state index is 10.4. The molecular weight excluding hydrogens is 232 g/mol. The van der Waals surface area contributed by atoms with Crippen molar-refractivity contribution in [2.24, 2.45) is 0 Å². The summed E-state index contributed by atoms with van der Waals surface area (Å²) in [6, 6.07) is 0. The maximum absolute atomic E-state index is 10.4. The van der Waals surface area contributed by atoms with Crippen molar-refractivity contribution in [3.63, 3.8) is 0 Å². The number of alkyl halides is 1. The van der Waals surface area contributed by atoms with Gasteiger partial charge in [0.15, 0.2) is 0 Å². The first kappa shape index (κ1) is 12.7. The number of rotatable bonds is 7. The zero-order chi connectivity index (χ0) is 10.1. The van der Waals surface area contributed by atoms with Crippen LogP contribution in [-0.4, -0.2) is 16.4 Å². The van der Waals surface area contributed by atoms with E-state index in [9.17, 15) is 4.79 Å². The van der Waals surface area contributed by atoms with Crippen LogP contribution in [0.1, 0.15) is 39.0 Å². The van der Waals surface area contributed by atoms with E-state index in [-0.39, 0.29) is 0 Å². The van der Waals surface area contributed by atoms with Crippen LogP contribution in [0.2, 0.25) is 0 Å². The van der Waals surface area contributed by atoms with E-state index >= 15 is 0 Å². The minimum absolute atomic E-state index is 0.459. The average Bonchev–Trinajstić information content (AvgIpc) is 2.10. The van der Waals surface area contributed by atoms with E-state index in [1.54, 1.807) is 13.0 Å². The SMILES string of the molecule is CC(=CCCCCCCBr)C(=O)O. The smallest absolute Gasteiger partial charge is 0.330 e. The molecule has 0 spiro atoms. The number of aliphatic carboxylic acids is 1. The standard InChI is InChI=1S/C10H17BrO2/c1-9(10(12)13)7-5-3-2-4-6-8-11/h7H,2-6,8H2,1H3,(H,12,13). The van der Waals surface area contributed by atoms with Crippen LogP contribution < -0.4 is 0 Å². The Bertz CT molecular complexity index is 176. The number of hydrogen-bond acceptors (Lipinski definition) is 1. The highest BCUT2D eigenvalue weighted by Crippen LogP contribution is 2.06. The second-order valence-corrected chi connectivity index (χ2v) is 3.88. The summed E-state index contributed by atoms with van der Waals surface area (Å²) in [6.45, 7) is 1.64. The summed E-state index contributed by atoms with van der Waals surface area (Å²) < 4.78 is 0. The second-order valence-electron chi connectivity index (χ2n) is 3.08. The van der Waals surface area contributed by atoms with Gasteiger partial charge >= 0.3 is 5.97 Å². The van der Waals surface area contributed by atoms with E-state index < -0.39 is 5.97 Å². The van der Waals surface area contributed by atoms with E-state index in [0.29, 0.717) is 5.57 Å². The minimum atomic E-state index is -0.805. The summed E-state index contributed by atoms with van der Waals surface area (Å²) in [6.07, 6.45) is 7.41. The van der Waals surface area contributed by atoms with Crippen LogP contribution in [0.15, 0.2) is 11.6 Å². The largest absolute Gasteiger partial charge is 0.478 e. The molecule has 0 aliphatic heterocycles. The molecule has 3 heteroatoms. The predicted octanol–water partition coefficient (Wildman–Crippen LogP) is 3.36. The number of allylic oxidation sites excluding steroid dienone is 1. The topological polar surface area (TPSA) is 37.3 Å². The van der Waals surface area contributed by atoms with Crippen molar-refractivity contribution >= 4 is 21.9 Å². The van der Waals surface area contributed by atoms with Crippen molar-refractivity contribution in [3.05, 3.63) is 11.6 Å². The van der Waals surface area contributed by atoms with E-state index in [2.05, 4.69) is 15.9 Å². The van der Waals surface area contributed by atoms with Gasteiger partial charge in [0.2, 0.25) is 0 Å². The molecule has 0 aromatic rings. The molecule has 0 aromatic carbocycles. The molecule has 0 aliphatic rings. The molecule has 0 aliphatic carbocycles. The van der Waals surface area contributed by atoms with Gasteiger partial charge < -0.3 is 5.11 Å². The Kier molecular flexibility index (Phi) is 8.10. The van der Waals surface area contributed by atoms with Crippen molar-refractivity contribution in [2.75, 3.05) is 5.33 Å². The van der Waals surface area contributed by atoms with Gasteiger partial charge in [0.1, 0.15) is 0 Å². The third-order valence-corrected chi connectivity index (χ3v) is 2.44. The highest BCUT2D eigenvalue weighted by atomic mass is 79.9. The summed E-state index contributed by atoms with van der Waals surface area (Å²) in [4.78, 5) is 10.4. The normalized spacial score (nSPS) is 11.7. The third-order valence-electron chi connectivity index (χ3n) is 1.88. The van der Waals surface area contributed by atoms with Crippen LogP contribution in [0.25, 0.3) is 0 Å². The van der Waals surface area contributed by atoms with Crippen LogP contribution >= 0.6 is 15.9 Å². The molecule has 0 bridgehead atoms. The fourth-order valence-corrected chi connectivity index (χ4v) is 1.39. The van der Waals surface area contributed by atoms with Crippen molar-refractivity contribution in [2.45, 2.75) is 39.0 Å². The van der Waals surface area contributed by atoms with Crippen molar-refractivity contribution in [1.29, 1.82) is 0 Å². The van der Waals surface area contributed by atoms with Gasteiger partial charge in [-0.2, -0.15) is 0 Å². The van der Waals surface area contributed by atoms with Gasteiger partial charge in [-0.3, -0.25) is 0 Å². The fourth-order valence-electron chi connectivity index (χ4n) is 0.998. The predicted molar refractivity (Wildman–Crippen MR) is 58.3 cm³/mol. The number of halogens is 1. The molecule has 1 N–H and O–H groups in total. The molecular formula is C10H17BrO2. The number of carbonyl (C=O) groups is 1. The molecule has 0 aromatic heterocycles. The highest BCUT2D eigenvalue weighted by Gasteiger charge is 1.97. The average molecular weight is 249 g/mol. The lowest BCUT2D eigenvalue weighted by molar-refractivity contribution is -0.132. The molecule has 0 amide bonds. The summed E-state index contributed by atoms with van der Waals surface area (Å²) in [5.74, 6) is -0.805. The maximum Gasteiger partial charge on any atom is 0.330 e. The molecule has 0 saturated heterocycles. The van der Waals surface area contributed by atoms with Gasteiger partial charge in [0.05, 0.1) is 0 Å². The third kappa shape index (κ3) is 8.03. The lowest BCUT2D eigenvalue weighted by Gasteiger charge is -1.96. The van der Waals surface area contributed by atoms with E-state index in [1.165, 1.54) is 19.3 Å². The lowest BCUT2D eigenvalue weighted by atomic mass is 10.1. The molecule has 0 heterocycles. The van der Waals surface area contributed by atoms with E-state index in [4.69, 9.17) is 5.11 Å². The van der Waals surface area contributed by atoms with E-state index in [0.717, 1.165) is 18.2 Å². The Hall–Kier alpha value is -0.310. The minimum Gasteiger partial charge on any atom is -0.478 e. The zero-order valence-electron chi connectivity index (χ0n) is 8.05. The van der Waals surface area contributed by atoms with Gasteiger partial charge in [-0.15, -0.1) is 0 Å². The van der Waals surface area contributed by atoms with Crippen molar-refractivity contribution in [1.82, 2.24) is 0 Å². The van der Waals surface area contributed by atoms with Crippen molar-refractivity contribution < 1.29 is 9.90 Å². The Balaban J connectivity index is 3.34. The summed E-state index contributed by atoms with van der Waals surface area (Å²) in [7, 11) is 0. The van der Waals surface area contributed by atoms with Crippen LogP contribution in [0, 0.1) is 0 Å². The van der Waals surface area contributed by atoms with Gasteiger partial charge in [0, 0.05) is 10.9 Å². The summed E-state index contributed by atoms with van der Waals surface area (Å²) in [5.41, 5.74) is 0.459. The first-order chi connectivity index (χ1) is 6.18. The number of hydrogen-bond donors (Lipinski definition) is 1. The first-order valence-electron chi connectivity index (χ1n) is 4.64. The first-order valence-corrected chi connectivity index (χ1v) is 5.76. The van der Waals surface area contributed by atoms with Crippen LogP contribution in [0.4, 0.5) is 0 Å². The number of carboxylic acid groups (broad SMARTS) is 1. The summed E-state index contributed by atoms with van der Waals surface area (Å²) in [5, 5.41) is 9.61. The lowest BCUT2D eigenvalue weighted by Crippen LogP contribution is -1.95. The molecule has 0 rings (SSSR count). The molecule has 76 valence electrons. The molecule has 2 nitrogen and oxygen atoms in total. The van der Waals surface area contributed by atoms with Gasteiger partial charge in [-0.25, -0.2) is 4.79 Å². The Morgan fingerprint density at radius 3 is 2.46 bits per heavy atom. The fraction of sp³-hybridized carbons (Fsp3) is 0.700. The van der Waals surface area contributed by atoms with E-state index in [1.807, 2.05) is 0 Å². The second kappa shape index (κ2) is 8.30. The molecule has 0 radical (unpaired) electrons. The van der Waals surface area contributed by atoms with Crippen LogP contribution in [0.3, 0.4) is 0 Å².